The fourth-order valence-electron chi connectivity index (χ4n) is 3.09. The van der Waals surface area contributed by atoms with E-state index < -0.39 is 11.5 Å². The summed E-state index contributed by atoms with van der Waals surface area (Å²) in [6, 6.07) is 15.8. The molecule has 1 aliphatic rings. The molecule has 6 nitrogen and oxygen atoms in total. The summed E-state index contributed by atoms with van der Waals surface area (Å²) in [6.07, 6.45) is 0. The summed E-state index contributed by atoms with van der Waals surface area (Å²) in [5, 5.41) is 0.578. The van der Waals surface area contributed by atoms with Crippen LogP contribution in [0, 0.1) is 0 Å². The summed E-state index contributed by atoms with van der Waals surface area (Å²) in [5.74, 6) is -0.189. The molecule has 3 aromatic rings. The number of carbonyl (C=O) groups excluding carboxylic acids is 2. The number of carbonyl (C=O) groups is 2. The molecule has 1 amide bonds. The van der Waals surface area contributed by atoms with E-state index in [-0.39, 0.29) is 18.1 Å². The summed E-state index contributed by atoms with van der Waals surface area (Å²) in [7, 11) is 0. The second kappa shape index (κ2) is 7.28. The quantitative estimate of drug-likeness (QED) is 0.707. The molecular formula is C20H16N2O4S. The summed E-state index contributed by atoms with van der Waals surface area (Å²) in [5.41, 5.74) is 1.13. The number of hydrogen-bond acceptors (Lipinski definition) is 5. The largest absolute Gasteiger partial charge is 0.452 e. The molecule has 136 valence electrons. The number of thioether (sulfide) groups is 1. The second-order valence-corrected chi connectivity index (χ2v) is 7.17. The van der Waals surface area contributed by atoms with E-state index in [1.165, 1.54) is 6.07 Å². The Labute approximate surface area is 159 Å². The molecule has 0 unspecified atom stereocenters. The van der Waals surface area contributed by atoms with Crippen molar-refractivity contribution in [3.05, 3.63) is 70.5 Å². The number of ether oxygens (including phenoxy) is 1. The van der Waals surface area contributed by atoms with Crippen molar-refractivity contribution in [1.29, 1.82) is 0 Å². The zero-order chi connectivity index (χ0) is 18.8. The molecule has 1 aromatic heterocycles. The highest BCUT2D eigenvalue weighted by atomic mass is 32.2. The van der Waals surface area contributed by atoms with Gasteiger partial charge in [-0.25, -0.2) is 4.79 Å². The standard InChI is InChI=1S/C20H16N2O4S/c23-18-11-14(13-5-1-2-6-15(13)21-18)20(25)26-12-19(24)22-9-10-27-17-8-4-3-7-16(17)22/h1-8,11H,9-10,12H2,(H,21,23). The maximum atomic E-state index is 12.6. The van der Waals surface area contributed by atoms with Gasteiger partial charge in [0.1, 0.15) is 0 Å². The van der Waals surface area contributed by atoms with Gasteiger partial charge in [-0.1, -0.05) is 30.3 Å². The van der Waals surface area contributed by atoms with Gasteiger partial charge in [-0.15, -0.1) is 11.8 Å². The Morgan fingerprint density at radius 1 is 1.11 bits per heavy atom. The lowest BCUT2D eigenvalue weighted by Gasteiger charge is -2.28. The summed E-state index contributed by atoms with van der Waals surface area (Å²) >= 11 is 1.69. The third-order valence-corrected chi connectivity index (χ3v) is 5.37. The van der Waals surface area contributed by atoms with Crippen LogP contribution in [0.25, 0.3) is 10.9 Å². The van der Waals surface area contributed by atoms with Crippen molar-refractivity contribution in [3.8, 4) is 0 Å². The van der Waals surface area contributed by atoms with Gasteiger partial charge in [-0.05, 0) is 18.2 Å². The first kappa shape index (κ1) is 17.4. The molecule has 4 rings (SSSR count). The predicted octanol–water partition coefficient (Wildman–Crippen LogP) is 2.82. The molecule has 0 saturated carbocycles. The SMILES string of the molecule is O=C(OCC(=O)N1CCSc2ccccc21)c1cc(=O)[nH]c2ccccc12. The Morgan fingerprint density at radius 3 is 2.78 bits per heavy atom. The number of anilines is 1. The van der Waals surface area contributed by atoms with Crippen LogP contribution in [0.3, 0.4) is 0 Å². The lowest BCUT2D eigenvalue weighted by Crippen LogP contribution is -2.38. The average Bonchev–Trinajstić information content (AvgIpc) is 2.70. The molecule has 2 heterocycles. The van der Waals surface area contributed by atoms with E-state index in [2.05, 4.69) is 4.98 Å². The van der Waals surface area contributed by atoms with Crippen LogP contribution >= 0.6 is 11.8 Å². The molecule has 0 atom stereocenters. The highest BCUT2D eigenvalue weighted by molar-refractivity contribution is 7.99. The monoisotopic (exact) mass is 380 g/mol. The van der Waals surface area contributed by atoms with E-state index in [0.29, 0.717) is 17.4 Å². The smallest absolute Gasteiger partial charge is 0.339 e. The van der Waals surface area contributed by atoms with E-state index in [0.717, 1.165) is 16.3 Å². The normalized spacial score (nSPS) is 13.3. The number of benzene rings is 2. The lowest BCUT2D eigenvalue weighted by molar-refractivity contribution is -0.121. The van der Waals surface area contributed by atoms with Gasteiger partial charge in [-0.3, -0.25) is 9.59 Å². The predicted molar refractivity (Wildman–Crippen MR) is 104 cm³/mol. The van der Waals surface area contributed by atoms with Crippen LogP contribution in [0.5, 0.6) is 0 Å². The molecule has 1 N–H and O–H groups in total. The molecule has 1 aliphatic heterocycles. The molecule has 2 aromatic carbocycles. The number of nitrogens with zero attached hydrogens (tertiary/aromatic N) is 1. The summed E-state index contributed by atoms with van der Waals surface area (Å²) in [6.45, 7) is 0.185. The van der Waals surface area contributed by atoms with Crippen molar-refractivity contribution in [2.75, 3.05) is 23.8 Å². The van der Waals surface area contributed by atoms with Crippen LogP contribution in [0.1, 0.15) is 10.4 Å². The Bertz CT molecular complexity index is 1090. The zero-order valence-electron chi connectivity index (χ0n) is 14.3. The third-order valence-electron chi connectivity index (χ3n) is 4.33. The highest BCUT2D eigenvalue weighted by Gasteiger charge is 2.24. The second-order valence-electron chi connectivity index (χ2n) is 6.03. The number of rotatable bonds is 3. The van der Waals surface area contributed by atoms with Crippen LogP contribution in [0.2, 0.25) is 0 Å². The number of para-hydroxylation sites is 2. The number of aromatic nitrogens is 1. The van der Waals surface area contributed by atoms with Crippen LogP contribution in [0.4, 0.5) is 5.69 Å². The first-order chi connectivity index (χ1) is 13.1. The molecule has 0 bridgehead atoms. The maximum Gasteiger partial charge on any atom is 0.339 e. The van der Waals surface area contributed by atoms with Gasteiger partial charge in [-0.2, -0.15) is 0 Å². The maximum absolute atomic E-state index is 12.6. The molecule has 27 heavy (non-hydrogen) atoms. The van der Waals surface area contributed by atoms with E-state index in [1.807, 2.05) is 24.3 Å². The first-order valence-electron chi connectivity index (χ1n) is 8.45. The molecule has 7 heteroatoms. The number of pyridine rings is 1. The molecule has 0 saturated heterocycles. The molecule has 0 fully saturated rings. The topological polar surface area (TPSA) is 79.5 Å². The fourth-order valence-corrected chi connectivity index (χ4v) is 4.08. The van der Waals surface area contributed by atoms with Crippen LogP contribution in [0.15, 0.2) is 64.3 Å². The van der Waals surface area contributed by atoms with E-state index in [1.54, 1.807) is 40.9 Å². The van der Waals surface area contributed by atoms with Gasteiger partial charge in [0, 0.05) is 34.2 Å². The lowest BCUT2D eigenvalue weighted by atomic mass is 10.1. The minimum Gasteiger partial charge on any atom is -0.452 e. The van der Waals surface area contributed by atoms with Crippen LogP contribution < -0.4 is 10.5 Å². The van der Waals surface area contributed by atoms with E-state index >= 15 is 0 Å². The van der Waals surface area contributed by atoms with Crippen molar-refractivity contribution >= 4 is 40.2 Å². The van der Waals surface area contributed by atoms with Gasteiger partial charge in [0.2, 0.25) is 5.56 Å². The number of nitrogens with one attached hydrogen (secondary N) is 1. The Kier molecular flexibility index (Phi) is 4.68. The van der Waals surface area contributed by atoms with E-state index in [4.69, 9.17) is 4.74 Å². The Morgan fingerprint density at radius 2 is 1.89 bits per heavy atom. The van der Waals surface area contributed by atoms with Gasteiger partial charge in [0.05, 0.1) is 11.3 Å². The van der Waals surface area contributed by atoms with E-state index in [9.17, 15) is 14.4 Å². The number of aromatic amines is 1. The molecule has 0 spiro atoms. The van der Waals surface area contributed by atoms with Crippen LogP contribution in [-0.4, -0.2) is 35.8 Å². The zero-order valence-corrected chi connectivity index (χ0v) is 15.1. The van der Waals surface area contributed by atoms with Crippen LogP contribution in [-0.2, 0) is 9.53 Å². The molecular weight excluding hydrogens is 364 g/mol. The van der Waals surface area contributed by atoms with Gasteiger partial charge in [0.15, 0.2) is 6.61 Å². The summed E-state index contributed by atoms with van der Waals surface area (Å²) in [4.78, 5) is 42.2. The number of H-pyrrole nitrogens is 1. The number of amides is 1. The van der Waals surface area contributed by atoms with Gasteiger partial charge in [0.25, 0.3) is 5.91 Å². The van der Waals surface area contributed by atoms with Crippen molar-refractivity contribution < 1.29 is 14.3 Å². The van der Waals surface area contributed by atoms with Crippen molar-refractivity contribution in [2.45, 2.75) is 4.90 Å². The Balaban J connectivity index is 1.52. The number of fused-ring (bicyclic) bond motifs is 2. The number of hydrogen-bond donors (Lipinski definition) is 1. The minimum absolute atomic E-state index is 0.150. The van der Waals surface area contributed by atoms with Crippen molar-refractivity contribution in [2.24, 2.45) is 0 Å². The van der Waals surface area contributed by atoms with Gasteiger partial charge < -0.3 is 14.6 Å². The molecule has 0 aliphatic carbocycles. The first-order valence-corrected chi connectivity index (χ1v) is 9.43. The third kappa shape index (κ3) is 3.46. The summed E-state index contributed by atoms with van der Waals surface area (Å²) < 4.78 is 5.23. The minimum atomic E-state index is -0.690. The van der Waals surface area contributed by atoms with Gasteiger partial charge >= 0.3 is 5.97 Å². The highest BCUT2D eigenvalue weighted by Crippen LogP contribution is 2.34. The van der Waals surface area contributed by atoms with Crippen molar-refractivity contribution in [3.63, 3.8) is 0 Å². The fraction of sp³-hybridized carbons (Fsp3) is 0.150. The Hall–Kier alpha value is -3.06. The number of esters is 1. The average molecular weight is 380 g/mol. The van der Waals surface area contributed by atoms with Crippen molar-refractivity contribution in [1.82, 2.24) is 4.98 Å². The molecule has 0 radical (unpaired) electrons.